The second-order valence-electron chi connectivity index (χ2n) is 7.98. The zero-order valence-electron chi connectivity index (χ0n) is 17.0. The van der Waals surface area contributed by atoms with Gasteiger partial charge in [-0.25, -0.2) is 9.37 Å². The zero-order chi connectivity index (χ0) is 20.4. The Labute approximate surface area is 179 Å². The summed E-state index contributed by atoms with van der Waals surface area (Å²) in [7, 11) is 0. The molecule has 2 aromatic heterocycles. The number of hydrogen-bond donors (Lipinski definition) is 1. The van der Waals surface area contributed by atoms with Crippen molar-refractivity contribution in [1.29, 1.82) is 0 Å². The van der Waals surface area contributed by atoms with Gasteiger partial charge >= 0.3 is 0 Å². The van der Waals surface area contributed by atoms with E-state index in [1.54, 1.807) is 28.7 Å². The van der Waals surface area contributed by atoms with Crippen molar-refractivity contribution in [3.63, 3.8) is 0 Å². The molecule has 0 bridgehead atoms. The molecule has 1 atom stereocenters. The number of thiophene rings is 1. The number of benzene rings is 1. The molecule has 3 nitrogen and oxygen atoms in total. The van der Waals surface area contributed by atoms with Crippen LogP contribution in [0.5, 0.6) is 0 Å². The van der Waals surface area contributed by atoms with Crippen molar-refractivity contribution in [2.24, 2.45) is 5.92 Å². The number of nitrogens with zero attached hydrogens (tertiary/aromatic N) is 1. The van der Waals surface area contributed by atoms with E-state index in [1.165, 1.54) is 29.0 Å². The van der Waals surface area contributed by atoms with Gasteiger partial charge < -0.3 is 5.32 Å². The van der Waals surface area contributed by atoms with E-state index in [4.69, 9.17) is 4.98 Å². The average Bonchev–Trinajstić information content (AvgIpc) is 3.27. The van der Waals surface area contributed by atoms with Crippen molar-refractivity contribution in [1.82, 2.24) is 10.3 Å². The minimum absolute atomic E-state index is 0.261. The molecular weight excluding hydrogens is 403 g/mol. The van der Waals surface area contributed by atoms with Gasteiger partial charge in [-0.1, -0.05) is 26.7 Å². The molecule has 0 fully saturated rings. The molecule has 4 rings (SSSR count). The van der Waals surface area contributed by atoms with Crippen LogP contribution in [0.3, 0.4) is 0 Å². The quantitative estimate of drug-likeness (QED) is 0.467. The zero-order valence-corrected chi connectivity index (χ0v) is 18.6. The van der Waals surface area contributed by atoms with Crippen LogP contribution in [0.25, 0.3) is 20.8 Å². The number of carbonyl (C=O) groups excluding carboxylic acids is 1. The largest absolute Gasteiger partial charge is 0.312 e. The van der Waals surface area contributed by atoms with Crippen LogP contribution in [0, 0.1) is 11.7 Å². The van der Waals surface area contributed by atoms with Gasteiger partial charge in [0.2, 0.25) is 0 Å². The minimum atomic E-state index is -0.261. The third-order valence-corrected chi connectivity index (χ3v) is 8.06. The van der Waals surface area contributed by atoms with Crippen LogP contribution in [0.1, 0.15) is 54.8 Å². The van der Waals surface area contributed by atoms with E-state index in [1.807, 2.05) is 0 Å². The van der Waals surface area contributed by atoms with Crippen LogP contribution in [-0.4, -0.2) is 17.3 Å². The molecule has 154 valence electrons. The molecule has 0 spiro atoms. The van der Waals surface area contributed by atoms with Crippen molar-refractivity contribution in [2.45, 2.75) is 58.9 Å². The van der Waals surface area contributed by atoms with Crippen molar-refractivity contribution in [3.8, 4) is 10.6 Å². The third kappa shape index (κ3) is 4.60. The first-order chi connectivity index (χ1) is 14.0. The molecule has 0 saturated heterocycles. The SMILES string of the molecule is CC[C@H](C)CCCC(=O)Cc1sc2c(c1-c1nc3cc(F)ccc3s1)CCNC2. The summed E-state index contributed by atoms with van der Waals surface area (Å²) in [6, 6.07) is 4.78. The molecule has 1 aromatic carbocycles. The number of Topliss-reactive ketones (excluding diaryl/α,β-unsaturated/α-hetero) is 1. The number of aromatic nitrogens is 1. The third-order valence-electron chi connectivity index (χ3n) is 5.77. The van der Waals surface area contributed by atoms with Crippen LogP contribution in [0.4, 0.5) is 4.39 Å². The Morgan fingerprint density at radius 3 is 3.03 bits per heavy atom. The van der Waals surface area contributed by atoms with Crippen LogP contribution in [0.2, 0.25) is 0 Å². The summed E-state index contributed by atoms with van der Waals surface area (Å²) in [5.74, 6) is 0.734. The number of thiazole rings is 1. The number of rotatable bonds is 8. The van der Waals surface area contributed by atoms with E-state index in [-0.39, 0.29) is 5.82 Å². The summed E-state index contributed by atoms with van der Waals surface area (Å²) in [6.45, 7) is 6.25. The van der Waals surface area contributed by atoms with Gasteiger partial charge in [0, 0.05) is 40.8 Å². The number of hydrogen-bond acceptors (Lipinski definition) is 5. The second-order valence-corrected chi connectivity index (χ2v) is 10.2. The summed E-state index contributed by atoms with van der Waals surface area (Å²) in [4.78, 5) is 19.9. The maximum absolute atomic E-state index is 13.6. The molecular formula is C23H27FN2OS2. The number of halogens is 1. The van der Waals surface area contributed by atoms with E-state index in [0.29, 0.717) is 30.1 Å². The van der Waals surface area contributed by atoms with E-state index in [0.717, 1.165) is 52.5 Å². The van der Waals surface area contributed by atoms with Gasteiger partial charge in [-0.2, -0.15) is 0 Å². The molecule has 3 heterocycles. The Kier molecular flexibility index (Phi) is 6.42. The molecule has 1 aliphatic heterocycles. The molecule has 1 aliphatic rings. The normalized spacial score (nSPS) is 14.9. The highest BCUT2D eigenvalue weighted by Gasteiger charge is 2.25. The van der Waals surface area contributed by atoms with E-state index < -0.39 is 0 Å². The van der Waals surface area contributed by atoms with Crippen molar-refractivity contribution < 1.29 is 9.18 Å². The molecule has 1 N–H and O–H groups in total. The van der Waals surface area contributed by atoms with Crippen LogP contribution in [-0.2, 0) is 24.2 Å². The summed E-state index contributed by atoms with van der Waals surface area (Å²) < 4.78 is 14.6. The highest BCUT2D eigenvalue weighted by molar-refractivity contribution is 7.22. The predicted octanol–water partition coefficient (Wildman–Crippen LogP) is 6.14. The standard InChI is InChI=1S/C23H27FN2OS2/c1-3-14(2)5-4-6-16(27)12-20-22(17-9-10-25-13-21(17)28-20)23-26-18-11-15(24)7-8-19(18)29-23/h7-8,11,14,25H,3-6,9-10,12-13H2,1-2H3/t14-/m0/s1. The van der Waals surface area contributed by atoms with Crippen molar-refractivity contribution in [2.75, 3.05) is 6.54 Å². The fourth-order valence-electron chi connectivity index (χ4n) is 3.89. The van der Waals surface area contributed by atoms with E-state index >= 15 is 0 Å². The Bertz CT molecular complexity index is 1020. The second kappa shape index (κ2) is 9.02. The molecule has 0 saturated carbocycles. The molecule has 0 radical (unpaired) electrons. The lowest BCUT2D eigenvalue weighted by molar-refractivity contribution is -0.118. The first-order valence-corrected chi connectivity index (χ1v) is 12.1. The van der Waals surface area contributed by atoms with Gasteiger partial charge in [-0.15, -0.1) is 22.7 Å². The lowest BCUT2D eigenvalue weighted by atomic mass is 9.98. The smallest absolute Gasteiger partial charge is 0.138 e. The maximum atomic E-state index is 13.6. The van der Waals surface area contributed by atoms with Gasteiger partial charge in [0.05, 0.1) is 10.2 Å². The highest BCUT2D eigenvalue weighted by Crippen LogP contribution is 2.42. The Morgan fingerprint density at radius 2 is 2.21 bits per heavy atom. The molecule has 0 amide bonds. The van der Waals surface area contributed by atoms with Crippen LogP contribution in [0.15, 0.2) is 18.2 Å². The monoisotopic (exact) mass is 430 g/mol. The number of carbonyl (C=O) groups is 1. The topological polar surface area (TPSA) is 42.0 Å². The van der Waals surface area contributed by atoms with E-state index in [9.17, 15) is 9.18 Å². The minimum Gasteiger partial charge on any atom is -0.312 e. The van der Waals surface area contributed by atoms with Crippen molar-refractivity contribution in [3.05, 3.63) is 39.3 Å². The predicted molar refractivity (Wildman–Crippen MR) is 120 cm³/mol. The summed E-state index contributed by atoms with van der Waals surface area (Å²) in [6.07, 6.45) is 5.34. The Balaban J connectivity index is 1.62. The van der Waals surface area contributed by atoms with Gasteiger partial charge in [-0.05, 0) is 43.0 Å². The number of fused-ring (bicyclic) bond motifs is 2. The fourth-order valence-corrected chi connectivity index (χ4v) is 6.36. The molecule has 0 unspecified atom stereocenters. The highest BCUT2D eigenvalue weighted by atomic mass is 32.1. The summed E-state index contributed by atoms with van der Waals surface area (Å²) in [5.41, 5.74) is 3.17. The van der Waals surface area contributed by atoms with Gasteiger partial charge in [0.15, 0.2) is 0 Å². The fraction of sp³-hybridized carbons (Fsp3) is 0.478. The van der Waals surface area contributed by atoms with Gasteiger partial charge in [0.25, 0.3) is 0 Å². The maximum Gasteiger partial charge on any atom is 0.138 e. The Hall–Kier alpha value is -1.63. The average molecular weight is 431 g/mol. The molecule has 0 aliphatic carbocycles. The number of nitrogens with one attached hydrogen (secondary N) is 1. The summed E-state index contributed by atoms with van der Waals surface area (Å²) >= 11 is 3.35. The van der Waals surface area contributed by atoms with Crippen LogP contribution < -0.4 is 5.32 Å². The number of ketones is 1. The van der Waals surface area contributed by atoms with Gasteiger partial charge in [-0.3, -0.25) is 4.79 Å². The lowest BCUT2D eigenvalue weighted by Crippen LogP contribution is -2.22. The van der Waals surface area contributed by atoms with Crippen LogP contribution >= 0.6 is 22.7 Å². The first-order valence-electron chi connectivity index (χ1n) is 10.5. The lowest BCUT2D eigenvalue weighted by Gasteiger charge is -2.13. The first kappa shape index (κ1) is 20.6. The van der Waals surface area contributed by atoms with Gasteiger partial charge in [0.1, 0.15) is 16.6 Å². The molecule has 3 aromatic rings. The summed E-state index contributed by atoms with van der Waals surface area (Å²) in [5, 5.41) is 4.36. The van der Waals surface area contributed by atoms with E-state index in [2.05, 4.69) is 19.2 Å². The van der Waals surface area contributed by atoms with Crippen molar-refractivity contribution >= 4 is 38.7 Å². The molecule has 6 heteroatoms. The molecule has 29 heavy (non-hydrogen) atoms. The Morgan fingerprint density at radius 1 is 1.34 bits per heavy atom.